The van der Waals surface area contributed by atoms with E-state index in [2.05, 4.69) is 5.32 Å². The fraction of sp³-hybridized carbons (Fsp3) is 0.0714. The monoisotopic (exact) mass is 306 g/mol. The van der Waals surface area contributed by atoms with Gasteiger partial charge in [-0.05, 0) is 36.4 Å². The van der Waals surface area contributed by atoms with Gasteiger partial charge in [0.15, 0.2) is 0 Å². The third-order valence-electron chi connectivity index (χ3n) is 2.75. The molecular formula is C14H11ClN2O4. The van der Waals surface area contributed by atoms with Crippen molar-refractivity contribution in [2.75, 3.05) is 12.4 Å². The fourth-order valence-corrected chi connectivity index (χ4v) is 1.89. The maximum absolute atomic E-state index is 12.1. The number of hydrogen-bond acceptors (Lipinski definition) is 4. The minimum atomic E-state index is -0.626. The number of carbonyl (C=O) groups excluding carboxylic acids is 1. The Labute approximate surface area is 125 Å². The van der Waals surface area contributed by atoms with Crippen molar-refractivity contribution in [3.05, 3.63) is 63.2 Å². The largest absolute Gasteiger partial charge is 0.497 e. The van der Waals surface area contributed by atoms with Crippen molar-refractivity contribution in [1.82, 2.24) is 0 Å². The number of anilines is 1. The Morgan fingerprint density at radius 2 is 1.90 bits per heavy atom. The highest BCUT2D eigenvalue weighted by Crippen LogP contribution is 2.24. The second-order valence-corrected chi connectivity index (χ2v) is 4.54. The summed E-state index contributed by atoms with van der Waals surface area (Å²) in [7, 11) is 1.53. The molecule has 0 saturated heterocycles. The zero-order valence-electron chi connectivity index (χ0n) is 11.0. The molecule has 0 bridgehead atoms. The number of hydrogen-bond donors (Lipinski definition) is 1. The van der Waals surface area contributed by atoms with E-state index in [0.717, 1.165) is 0 Å². The van der Waals surface area contributed by atoms with E-state index in [1.165, 1.54) is 25.3 Å². The van der Waals surface area contributed by atoms with Gasteiger partial charge >= 0.3 is 0 Å². The summed E-state index contributed by atoms with van der Waals surface area (Å²) in [5.74, 6) is 0.0381. The van der Waals surface area contributed by atoms with Crippen LogP contribution in [0, 0.1) is 10.1 Å². The van der Waals surface area contributed by atoms with E-state index in [1.54, 1.807) is 24.3 Å². The van der Waals surface area contributed by atoms with Gasteiger partial charge in [-0.3, -0.25) is 14.9 Å². The fourth-order valence-electron chi connectivity index (χ4n) is 1.72. The van der Waals surface area contributed by atoms with Crippen molar-refractivity contribution in [2.24, 2.45) is 0 Å². The summed E-state index contributed by atoms with van der Waals surface area (Å²) < 4.78 is 5.01. The average Bonchev–Trinajstić information content (AvgIpc) is 2.47. The summed E-state index contributed by atoms with van der Waals surface area (Å²) in [6.45, 7) is 0. The highest BCUT2D eigenvalue weighted by molar-refractivity contribution is 6.31. The molecule has 1 N–H and O–H groups in total. The van der Waals surface area contributed by atoms with Gasteiger partial charge in [0, 0.05) is 16.8 Å². The first-order valence-corrected chi connectivity index (χ1v) is 6.28. The number of ether oxygens (including phenoxy) is 1. The van der Waals surface area contributed by atoms with Gasteiger partial charge in [-0.15, -0.1) is 0 Å². The van der Waals surface area contributed by atoms with Crippen LogP contribution in [0.1, 0.15) is 10.4 Å². The summed E-state index contributed by atoms with van der Waals surface area (Å²) in [5, 5.41) is 13.8. The Morgan fingerprint density at radius 1 is 1.24 bits per heavy atom. The Bertz CT molecular complexity index is 686. The van der Waals surface area contributed by atoms with Crippen LogP contribution in [0.5, 0.6) is 5.75 Å². The first kappa shape index (κ1) is 14.8. The van der Waals surface area contributed by atoms with Gasteiger partial charge in [0.05, 0.1) is 12.0 Å². The predicted molar refractivity (Wildman–Crippen MR) is 79.1 cm³/mol. The molecule has 0 atom stereocenters. The molecular weight excluding hydrogens is 296 g/mol. The minimum Gasteiger partial charge on any atom is -0.497 e. The lowest BCUT2D eigenvalue weighted by Crippen LogP contribution is -2.13. The van der Waals surface area contributed by atoms with E-state index >= 15 is 0 Å². The number of amides is 1. The Kier molecular flexibility index (Phi) is 4.39. The molecule has 0 spiro atoms. The minimum absolute atomic E-state index is 0.0941. The highest BCUT2D eigenvalue weighted by atomic mass is 35.5. The lowest BCUT2D eigenvalue weighted by atomic mass is 10.1. The number of nitro groups is 1. The smallest absolute Gasteiger partial charge is 0.282 e. The molecule has 21 heavy (non-hydrogen) atoms. The SMILES string of the molecule is COc1ccc(NC(=O)c2cc(Cl)ccc2[N+](=O)[O-])cc1. The zero-order valence-corrected chi connectivity index (χ0v) is 11.8. The van der Waals surface area contributed by atoms with E-state index in [0.29, 0.717) is 11.4 Å². The van der Waals surface area contributed by atoms with E-state index in [-0.39, 0.29) is 16.3 Å². The van der Waals surface area contributed by atoms with Crippen LogP contribution in [0.15, 0.2) is 42.5 Å². The number of methoxy groups -OCH3 is 1. The van der Waals surface area contributed by atoms with E-state index in [9.17, 15) is 14.9 Å². The molecule has 0 saturated carbocycles. The Morgan fingerprint density at radius 3 is 2.48 bits per heavy atom. The Hall–Kier alpha value is -2.60. The summed E-state index contributed by atoms with van der Waals surface area (Å²) in [6.07, 6.45) is 0. The normalized spacial score (nSPS) is 10.0. The van der Waals surface area contributed by atoms with Crippen LogP contribution in [-0.4, -0.2) is 17.9 Å². The van der Waals surface area contributed by atoms with Gasteiger partial charge < -0.3 is 10.1 Å². The predicted octanol–water partition coefficient (Wildman–Crippen LogP) is 3.51. The van der Waals surface area contributed by atoms with Crippen LogP contribution in [-0.2, 0) is 0 Å². The number of nitrogens with zero attached hydrogens (tertiary/aromatic N) is 1. The van der Waals surface area contributed by atoms with Crippen LogP contribution in [0.25, 0.3) is 0 Å². The van der Waals surface area contributed by atoms with Crippen molar-refractivity contribution in [3.8, 4) is 5.75 Å². The van der Waals surface area contributed by atoms with Gasteiger partial charge in [-0.1, -0.05) is 11.6 Å². The molecule has 0 aliphatic carbocycles. The first-order chi connectivity index (χ1) is 10.0. The number of rotatable bonds is 4. The molecule has 0 aliphatic heterocycles. The van der Waals surface area contributed by atoms with Gasteiger partial charge in [-0.2, -0.15) is 0 Å². The molecule has 0 fully saturated rings. The zero-order chi connectivity index (χ0) is 15.4. The number of nitrogens with one attached hydrogen (secondary N) is 1. The summed E-state index contributed by atoms with van der Waals surface area (Å²) in [4.78, 5) is 22.5. The van der Waals surface area contributed by atoms with Crippen LogP contribution in [0.2, 0.25) is 5.02 Å². The number of nitro benzene ring substituents is 1. The second-order valence-electron chi connectivity index (χ2n) is 4.10. The molecule has 0 aromatic heterocycles. The third kappa shape index (κ3) is 3.49. The van der Waals surface area contributed by atoms with Gasteiger partial charge in [0.2, 0.25) is 0 Å². The molecule has 0 radical (unpaired) electrons. The lowest BCUT2D eigenvalue weighted by Gasteiger charge is -2.07. The molecule has 2 aromatic carbocycles. The molecule has 0 heterocycles. The second kappa shape index (κ2) is 6.23. The van der Waals surface area contributed by atoms with Crippen molar-refractivity contribution >= 4 is 28.9 Å². The molecule has 0 unspecified atom stereocenters. The Balaban J connectivity index is 2.27. The molecule has 0 aliphatic rings. The van der Waals surface area contributed by atoms with E-state index in [4.69, 9.17) is 16.3 Å². The van der Waals surface area contributed by atoms with E-state index < -0.39 is 10.8 Å². The third-order valence-corrected chi connectivity index (χ3v) is 2.98. The summed E-state index contributed by atoms with van der Waals surface area (Å²) >= 11 is 5.79. The van der Waals surface area contributed by atoms with Crippen molar-refractivity contribution in [3.63, 3.8) is 0 Å². The van der Waals surface area contributed by atoms with Crippen molar-refractivity contribution in [1.29, 1.82) is 0 Å². The molecule has 1 amide bonds. The molecule has 108 valence electrons. The lowest BCUT2D eigenvalue weighted by molar-refractivity contribution is -0.385. The van der Waals surface area contributed by atoms with Gasteiger partial charge in [-0.25, -0.2) is 0 Å². The summed E-state index contributed by atoms with van der Waals surface area (Å²) in [5.41, 5.74) is 0.101. The van der Waals surface area contributed by atoms with Crippen LogP contribution in [0.3, 0.4) is 0 Å². The standard InChI is InChI=1S/C14H11ClN2O4/c1-21-11-5-3-10(4-6-11)16-14(18)12-8-9(15)2-7-13(12)17(19)20/h2-8H,1H3,(H,16,18). The number of halogens is 1. The average molecular weight is 307 g/mol. The molecule has 2 rings (SSSR count). The summed E-state index contributed by atoms with van der Waals surface area (Å²) in [6, 6.07) is 10.4. The molecule has 7 heteroatoms. The van der Waals surface area contributed by atoms with E-state index in [1.807, 2.05) is 0 Å². The van der Waals surface area contributed by atoms with Crippen LogP contribution in [0.4, 0.5) is 11.4 Å². The van der Waals surface area contributed by atoms with Gasteiger partial charge in [0.1, 0.15) is 11.3 Å². The molecule has 2 aromatic rings. The first-order valence-electron chi connectivity index (χ1n) is 5.90. The van der Waals surface area contributed by atoms with Crippen molar-refractivity contribution in [2.45, 2.75) is 0 Å². The van der Waals surface area contributed by atoms with Crippen LogP contribution >= 0.6 is 11.6 Å². The quantitative estimate of drug-likeness (QED) is 0.692. The topological polar surface area (TPSA) is 81.5 Å². The van der Waals surface area contributed by atoms with Crippen LogP contribution < -0.4 is 10.1 Å². The maximum atomic E-state index is 12.1. The van der Waals surface area contributed by atoms with Crippen molar-refractivity contribution < 1.29 is 14.5 Å². The molecule has 6 nitrogen and oxygen atoms in total. The maximum Gasteiger partial charge on any atom is 0.282 e. The van der Waals surface area contributed by atoms with Gasteiger partial charge in [0.25, 0.3) is 11.6 Å². The number of benzene rings is 2. The number of carbonyl (C=O) groups is 1. The highest BCUT2D eigenvalue weighted by Gasteiger charge is 2.20.